The standard InChI is InChI=1S/C19H25ClN2O3/c1-2-21-14-19(8-7-17(21)23)9-11-22(12-10-19)18(24)25-13-15-5-3-4-6-16(15)20/h3-6H,2,7-14H2,1H3. The molecule has 2 amide bonds. The van der Waals surface area contributed by atoms with Crippen LogP contribution in [-0.4, -0.2) is 48.0 Å². The number of carbonyl (C=O) groups is 2. The maximum atomic E-state index is 12.3. The molecule has 1 spiro atoms. The molecule has 0 unspecified atom stereocenters. The monoisotopic (exact) mass is 364 g/mol. The third-order valence-electron chi connectivity index (χ3n) is 5.52. The Labute approximate surface area is 153 Å². The summed E-state index contributed by atoms with van der Waals surface area (Å²) in [6, 6.07) is 7.38. The van der Waals surface area contributed by atoms with Gasteiger partial charge in [-0.15, -0.1) is 0 Å². The summed E-state index contributed by atoms with van der Waals surface area (Å²) in [7, 11) is 0. The van der Waals surface area contributed by atoms with Gasteiger partial charge in [-0.3, -0.25) is 4.79 Å². The zero-order chi connectivity index (χ0) is 17.9. The van der Waals surface area contributed by atoms with E-state index in [9.17, 15) is 9.59 Å². The molecular formula is C19H25ClN2O3. The first-order chi connectivity index (χ1) is 12.0. The van der Waals surface area contributed by atoms with Crippen molar-refractivity contribution in [1.29, 1.82) is 0 Å². The van der Waals surface area contributed by atoms with Crippen molar-refractivity contribution in [3.8, 4) is 0 Å². The molecule has 0 atom stereocenters. The minimum Gasteiger partial charge on any atom is -0.444 e. The smallest absolute Gasteiger partial charge is 0.410 e. The molecular weight excluding hydrogens is 340 g/mol. The van der Waals surface area contributed by atoms with E-state index in [0.29, 0.717) is 24.5 Å². The summed E-state index contributed by atoms with van der Waals surface area (Å²) in [4.78, 5) is 28.0. The fourth-order valence-electron chi connectivity index (χ4n) is 3.81. The third kappa shape index (κ3) is 4.09. The molecule has 2 heterocycles. The lowest BCUT2D eigenvalue weighted by Crippen LogP contribution is -2.52. The molecule has 0 bridgehead atoms. The molecule has 5 nitrogen and oxygen atoms in total. The van der Waals surface area contributed by atoms with Crippen LogP contribution in [0.3, 0.4) is 0 Å². The second-order valence-electron chi connectivity index (χ2n) is 7.04. The van der Waals surface area contributed by atoms with Crippen molar-refractivity contribution >= 4 is 23.6 Å². The van der Waals surface area contributed by atoms with Gasteiger partial charge in [0.05, 0.1) is 0 Å². The van der Waals surface area contributed by atoms with Gasteiger partial charge in [-0.05, 0) is 37.7 Å². The number of likely N-dealkylation sites (tertiary alicyclic amines) is 2. The Morgan fingerprint density at radius 2 is 1.96 bits per heavy atom. The molecule has 2 aliphatic rings. The number of ether oxygens (including phenoxy) is 1. The van der Waals surface area contributed by atoms with E-state index in [-0.39, 0.29) is 24.0 Å². The van der Waals surface area contributed by atoms with Crippen LogP contribution < -0.4 is 0 Å². The van der Waals surface area contributed by atoms with E-state index in [1.807, 2.05) is 30.0 Å². The number of piperidine rings is 2. The Morgan fingerprint density at radius 3 is 2.64 bits per heavy atom. The quantitative estimate of drug-likeness (QED) is 0.821. The lowest BCUT2D eigenvalue weighted by atomic mass is 9.72. The van der Waals surface area contributed by atoms with E-state index in [1.54, 1.807) is 11.0 Å². The van der Waals surface area contributed by atoms with Crippen molar-refractivity contribution in [2.75, 3.05) is 26.2 Å². The summed E-state index contributed by atoms with van der Waals surface area (Å²) in [5.41, 5.74) is 0.985. The number of amides is 2. The van der Waals surface area contributed by atoms with Crippen LogP contribution in [0.4, 0.5) is 4.79 Å². The van der Waals surface area contributed by atoms with Crippen LogP contribution in [0.2, 0.25) is 5.02 Å². The van der Waals surface area contributed by atoms with E-state index in [0.717, 1.165) is 37.9 Å². The van der Waals surface area contributed by atoms with Crippen LogP contribution in [0.1, 0.15) is 38.2 Å². The Bertz CT molecular complexity index is 641. The lowest BCUT2D eigenvalue weighted by Gasteiger charge is -2.47. The Kier molecular flexibility index (Phi) is 5.52. The van der Waals surface area contributed by atoms with Gasteiger partial charge in [-0.25, -0.2) is 4.79 Å². The molecule has 1 aromatic carbocycles. The van der Waals surface area contributed by atoms with Gasteiger partial charge in [-0.2, -0.15) is 0 Å². The fourth-order valence-corrected chi connectivity index (χ4v) is 4.00. The maximum absolute atomic E-state index is 12.3. The molecule has 0 radical (unpaired) electrons. The minimum atomic E-state index is -0.283. The van der Waals surface area contributed by atoms with Crippen LogP contribution in [0, 0.1) is 5.41 Å². The van der Waals surface area contributed by atoms with Gasteiger partial charge < -0.3 is 14.5 Å². The molecule has 3 rings (SSSR count). The van der Waals surface area contributed by atoms with Crippen LogP contribution in [0.25, 0.3) is 0 Å². The van der Waals surface area contributed by atoms with Crippen LogP contribution in [-0.2, 0) is 16.1 Å². The predicted molar refractivity (Wildman–Crippen MR) is 96.4 cm³/mol. The van der Waals surface area contributed by atoms with Crippen molar-refractivity contribution in [3.63, 3.8) is 0 Å². The zero-order valence-electron chi connectivity index (χ0n) is 14.7. The molecule has 25 heavy (non-hydrogen) atoms. The number of benzene rings is 1. The highest BCUT2D eigenvalue weighted by atomic mass is 35.5. The largest absolute Gasteiger partial charge is 0.444 e. The number of hydrogen-bond donors (Lipinski definition) is 0. The van der Waals surface area contributed by atoms with Crippen molar-refractivity contribution in [2.45, 2.75) is 39.2 Å². The summed E-state index contributed by atoms with van der Waals surface area (Å²) >= 11 is 6.09. The normalized spacial score (nSPS) is 20.0. The summed E-state index contributed by atoms with van der Waals surface area (Å²) in [6.45, 7) is 5.19. The number of hydrogen-bond acceptors (Lipinski definition) is 3. The summed E-state index contributed by atoms with van der Waals surface area (Å²) in [5.74, 6) is 0.259. The van der Waals surface area contributed by atoms with E-state index < -0.39 is 0 Å². The number of rotatable bonds is 3. The molecule has 136 valence electrons. The summed E-state index contributed by atoms with van der Waals surface area (Å²) in [6.07, 6.45) is 3.14. The topological polar surface area (TPSA) is 49.9 Å². The van der Waals surface area contributed by atoms with Crippen LogP contribution in [0.5, 0.6) is 0 Å². The highest BCUT2D eigenvalue weighted by molar-refractivity contribution is 6.31. The summed E-state index contributed by atoms with van der Waals surface area (Å²) in [5, 5.41) is 0.611. The Balaban J connectivity index is 1.51. The average Bonchev–Trinajstić information content (AvgIpc) is 2.63. The highest BCUT2D eigenvalue weighted by Gasteiger charge is 2.41. The predicted octanol–water partition coefficient (Wildman–Crippen LogP) is 3.70. The van der Waals surface area contributed by atoms with Gasteiger partial charge in [0, 0.05) is 43.2 Å². The maximum Gasteiger partial charge on any atom is 0.410 e. The molecule has 0 aliphatic carbocycles. The van der Waals surface area contributed by atoms with E-state index in [4.69, 9.17) is 16.3 Å². The first-order valence-electron chi connectivity index (χ1n) is 8.96. The van der Waals surface area contributed by atoms with Crippen molar-refractivity contribution in [2.24, 2.45) is 5.41 Å². The highest BCUT2D eigenvalue weighted by Crippen LogP contribution is 2.40. The van der Waals surface area contributed by atoms with Gasteiger partial charge in [0.1, 0.15) is 6.61 Å². The number of halogens is 1. The Hall–Kier alpha value is -1.75. The van der Waals surface area contributed by atoms with E-state index >= 15 is 0 Å². The number of carbonyl (C=O) groups excluding carboxylic acids is 2. The van der Waals surface area contributed by atoms with Crippen molar-refractivity contribution in [3.05, 3.63) is 34.9 Å². The first-order valence-corrected chi connectivity index (χ1v) is 9.34. The molecule has 0 N–H and O–H groups in total. The van der Waals surface area contributed by atoms with Gasteiger partial charge in [0.25, 0.3) is 0 Å². The lowest BCUT2D eigenvalue weighted by molar-refractivity contribution is -0.138. The van der Waals surface area contributed by atoms with E-state index in [1.165, 1.54) is 0 Å². The van der Waals surface area contributed by atoms with Crippen molar-refractivity contribution in [1.82, 2.24) is 9.80 Å². The average molecular weight is 365 g/mol. The Morgan fingerprint density at radius 1 is 1.24 bits per heavy atom. The van der Waals surface area contributed by atoms with Crippen LogP contribution in [0.15, 0.2) is 24.3 Å². The molecule has 2 fully saturated rings. The van der Waals surface area contributed by atoms with Gasteiger partial charge in [0.2, 0.25) is 5.91 Å². The molecule has 0 saturated carbocycles. The second kappa shape index (κ2) is 7.65. The van der Waals surface area contributed by atoms with E-state index in [2.05, 4.69) is 0 Å². The second-order valence-corrected chi connectivity index (χ2v) is 7.45. The zero-order valence-corrected chi connectivity index (χ0v) is 15.4. The molecule has 2 aliphatic heterocycles. The first kappa shape index (κ1) is 18.1. The van der Waals surface area contributed by atoms with Gasteiger partial charge in [0.15, 0.2) is 0 Å². The van der Waals surface area contributed by atoms with Crippen LogP contribution >= 0.6 is 11.6 Å². The fraction of sp³-hybridized carbons (Fsp3) is 0.579. The number of nitrogens with zero attached hydrogens (tertiary/aromatic N) is 2. The van der Waals surface area contributed by atoms with Gasteiger partial charge in [-0.1, -0.05) is 29.8 Å². The molecule has 2 saturated heterocycles. The molecule has 1 aromatic rings. The van der Waals surface area contributed by atoms with Gasteiger partial charge >= 0.3 is 6.09 Å². The third-order valence-corrected chi connectivity index (χ3v) is 5.89. The molecule has 0 aromatic heterocycles. The molecule has 6 heteroatoms. The van der Waals surface area contributed by atoms with Crippen molar-refractivity contribution < 1.29 is 14.3 Å². The minimum absolute atomic E-state index is 0.170. The summed E-state index contributed by atoms with van der Waals surface area (Å²) < 4.78 is 5.42. The SMILES string of the molecule is CCN1CC2(CCC1=O)CCN(C(=O)OCc1ccccc1Cl)CC2.